The molecule has 0 radical (unpaired) electrons. The van der Waals surface area contributed by atoms with E-state index in [9.17, 15) is 9.59 Å². The van der Waals surface area contributed by atoms with Gasteiger partial charge in [-0.2, -0.15) is 10.4 Å². The predicted octanol–water partition coefficient (Wildman–Crippen LogP) is -1.20. The fraction of sp³-hybridized carbons (Fsp3) is 0.250. The number of anilines is 1. The van der Waals surface area contributed by atoms with Crippen molar-refractivity contribution in [3.63, 3.8) is 0 Å². The third-order valence-corrected chi connectivity index (χ3v) is 1.66. The number of carboxylic acid groups (broad SMARTS) is 1. The number of hydrogen-bond acceptors (Lipinski definition) is 5. The molecule has 0 atom stereocenters. The van der Waals surface area contributed by atoms with Gasteiger partial charge in [0.15, 0.2) is 5.69 Å². The Morgan fingerprint density at radius 1 is 1.69 bits per heavy atom. The summed E-state index contributed by atoms with van der Waals surface area (Å²) in [5.74, 6) is -1.70. The molecule has 4 N–H and O–H groups in total. The zero-order valence-electron chi connectivity index (χ0n) is 8.17. The summed E-state index contributed by atoms with van der Waals surface area (Å²) < 4.78 is 1.10. The Bertz CT molecular complexity index is 459. The molecule has 0 aromatic carbocycles. The summed E-state index contributed by atoms with van der Waals surface area (Å²) in [5, 5.41) is 22.8. The highest BCUT2D eigenvalue weighted by atomic mass is 16.4. The minimum Gasteiger partial charge on any atom is -0.476 e. The number of carboxylic acids is 1. The van der Waals surface area contributed by atoms with Crippen LogP contribution in [-0.4, -0.2) is 33.3 Å². The molecule has 16 heavy (non-hydrogen) atoms. The van der Waals surface area contributed by atoms with Gasteiger partial charge in [-0.1, -0.05) is 0 Å². The van der Waals surface area contributed by atoms with E-state index in [0.29, 0.717) is 0 Å². The van der Waals surface area contributed by atoms with Crippen LogP contribution >= 0.6 is 0 Å². The molecule has 0 aliphatic heterocycles. The van der Waals surface area contributed by atoms with Crippen molar-refractivity contribution in [1.29, 1.82) is 5.26 Å². The van der Waals surface area contributed by atoms with Crippen LogP contribution in [-0.2, 0) is 11.3 Å². The minimum absolute atomic E-state index is 0.0133. The van der Waals surface area contributed by atoms with Crippen molar-refractivity contribution in [3.8, 4) is 6.07 Å². The van der Waals surface area contributed by atoms with E-state index in [1.165, 1.54) is 6.20 Å². The number of carbonyl (C=O) groups excluding carboxylic acids is 1. The van der Waals surface area contributed by atoms with Crippen LogP contribution in [0.1, 0.15) is 10.5 Å². The lowest BCUT2D eigenvalue weighted by atomic mass is 10.4. The molecule has 1 aromatic rings. The highest BCUT2D eigenvalue weighted by Crippen LogP contribution is 2.08. The molecular weight excluding hydrogens is 214 g/mol. The number of carbonyl (C=O) groups is 2. The normalized spacial score (nSPS) is 9.44. The first kappa shape index (κ1) is 11.5. The van der Waals surface area contributed by atoms with Gasteiger partial charge in [0.1, 0.15) is 13.1 Å². The molecular formula is C8H9N5O3. The number of nitrogens with two attached hydrogens (primary N) is 1. The number of amides is 1. The zero-order valence-corrected chi connectivity index (χ0v) is 8.17. The van der Waals surface area contributed by atoms with Crippen LogP contribution in [0.4, 0.5) is 5.69 Å². The Hall–Kier alpha value is -2.56. The van der Waals surface area contributed by atoms with E-state index in [1.807, 2.05) is 0 Å². The van der Waals surface area contributed by atoms with Crippen LogP contribution in [0, 0.1) is 11.3 Å². The molecule has 0 bridgehead atoms. The van der Waals surface area contributed by atoms with Crippen LogP contribution in [0.3, 0.4) is 0 Å². The SMILES string of the molecule is N#CCNC(=O)Cn1cc(N)c(C(=O)O)n1. The molecule has 0 spiro atoms. The first-order valence-corrected chi connectivity index (χ1v) is 4.24. The summed E-state index contributed by atoms with van der Waals surface area (Å²) in [6.45, 7) is -0.291. The van der Waals surface area contributed by atoms with Crippen LogP contribution in [0.5, 0.6) is 0 Å². The molecule has 8 nitrogen and oxygen atoms in total. The number of aromatic nitrogens is 2. The monoisotopic (exact) mass is 223 g/mol. The maximum Gasteiger partial charge on any atom is 0.358 e. The van der Waals surface area contributed by atoms with Gasteiger partial charge in [-0.3, -0.25) is 9.48 Å². The fourth-order valence-electron chi connectivity index (χ4n) is 1.03. The number of rotatable bonds is 4. The highest BCUT2D eigenvalue weighted by Gasteiger charge is 2.14. The Kier molecular flexibility index (Phi) is 3.45. The Morgan fingerprint density at radius 3 is 2.88 bits per heavy atom. The summed E-state index contributed by atoms with van der Waals surface area (Å²) in [6, 6.07) is 1.74. The minimum atomic E-state index is -1.26. The Labute approximate surface area is 90.3 Å². The van der Waals surface area contributed by atoms with Crippen molar-refractivity contribution in [2.45, 2.75) is 6.54 Å². The highest BCUT2D eigenvalue weighted by molar-refractivity contribution is 5.91. The number of nitrogen functional groups attached to an aromatic ring is 1. The van der Waals surface area contributed by atoms with E-state index in [0.717, 1.165) is 4.68 Å². The molecule has 84 valence electrons. The second-order valence-electron chi connectivity index (χ2n) is 2.87. The van der Waals surface area contributed by atoms with Gasteiger partial charge in [-0.25, -0.2) is 4.79 Å². The first-order chi connectivity index (χ1) is 7.54. The summed E-state index contributed by atoms with van der Waals surface area (Å²) in [7, 11) is 0. The van der Waals surface area contributed by atoms with E-state index in [4.69, 9.17) is 16.1 Å². The molecule has 0 fully saturated rings. The van der Waals surface area contributed by atoms with E-state index < -0.39 is 11.9 Å². The predicted molar refractivity (Wildman–Crippen MR) is 52.2 cm³/mol. The molecule has 1 aromatic heterocycles. The number of nitrogens with one attached hydrogen (secondary N) is 1. The number of nitriles is 1. The standard InChI is InChI=1S/C8H9N5O3/c9-1-2-11-6(14)4-13-3-5(10)7(12-13)8(15)16/h3H,2,4,10H2,(H,11,14)(H,15,16). The molecule has 0 aliphatic rings. The lowest BCUT2D eigenvalue weighted by Crippen LogP contribution is -2.28. The van der Waals surface area contributed by atoms with Crippen molar-refractivity contribution in [1.82, 2.24) is 15.1 Å². The van der Waals surface area contributed by atoms with E-state index in [1.54, 1.807) is 6.07 Å². The van der Waals surface area contributed by atoms with E-state index in [-0.39, 0.29) is 24.5 Å². The summed E-state index contributed by atoms with van der Waals surface area (Å²) in [4.78, 5) is 21.7. The van der Waals surface area contributed by atoms with Crippen molar-refractivity contribution in [2.24, 2.45) is 0 Å². The van der Waals surface area contributed by atoms with Crippen molar-refractivity contribution in [2.75, 3.05) is 12.3 Å². The Balaban J connectivity index is 2.69. The van der Waals surface area contributed by atoms with Gasteiger partial charge in [-0.15, -0.1) is 0 Å². The average molecular weight is 223 g/mol. The van der Waals surface area contributed by atoms with Crippen LogP contribution in [0.2, 0.25) is 0 Å². The van der Waals surface area contributed by atoms with Crippen LogP contribution in [0.25, 0.3) is 0 Å². The maximum absolute atomic E-state index is 11.2. The molecule has 1 amide bonds. The quantitative estimate of drug-likeness (QED) is 0.549. The van der Waals surface area contributed by atoms with Crippen molar-refractivity contribution < 1.29 is 14.7 Å². The fourth-order valence-corrected chi connectivity index (χ4v) is 1.03. The van der Waals surface area contributed by atoms with Gasteiger partial charge in [0.25, 0.3) is 0 Å². The molecule has 0 saturated heterocycles. The van der Waals surface area contributed by atoms with Gasteiger partial charge in [0.05, 0.1) is 11.8 Å². The van der Waals surface area contributed by atoms with Gasteiger partial charge in [0, 0.05) is 6.20 Å². The molecule has 0 aliphatic carbocycles. The molecule has 1 heterocycles. The molecule has 0 unspecified atom stereocenters. The average Bonchev–Trinajstić information content (AvgIpc) is 2.56. The second-order valence-corrected chi connectivity index (χ2v) is 2.87. The molecule has 1 rings (SSSR count). The lowest BCUT2D eigenvalue weighted by Gasteiger charge is -2.00. The largest absolute Gasteiger partial charge is 0.476 e. The smallest absolute Gasteiger partial charge is 0.358 e. The topological polar surface area (TPSA) is 134 Å². The Morgan fingerprint density at radius 2 is 2.38 bits per heavy atom. The van der Waals surface area contributed by atoms with Crippen LogP contribution in [0.15, 0.2) is 6.20 Å². The summed E-state index contributed by atoms with van der Waals surface area (Å²) in [5.41, 5.74) is 5.06. The van der Waals surface area contributed by atoms with E-state index in [2.05, 4.69) is 10.4 Å². The van der Waals surface area contributed by atoms with E-state index >= 15 is 0 Å². The van der Waals surface area contributed by atoms with Crippen LogP contribution < -0.4 is 11.1 Å². The number of aromatic carboxylic acids is 1. The summed E-state index contributed by atoms with van der Waals surface area (Å²) >= 11 is 0. The second kappa shape index (κ2) is 4.79. The maximum atomic E-state index is 11.2. The molecule has 0 saturated carbocycles. The van der Waals surface area contributed by atoms with Crippen molar-refractivity contribution in [3.05, 3.63) is 11.9 Å². The van der Waals surface area contributed by atoms with Gasteiger partial charge >= 0.3 is 5.97 Å². The molecule has 8 heteroatoms. The lowest BCUT2D eigenvalue weighted by molar-refractivity contribution is -0.121. The van der Waals surface area contributed by atoms with Gasteiger partial charge in [0.2, 0.25) is 5.91 Å². The van der Waals surface area contributed by atoms with Crippen molar-refractivity contribution >= 4 is 17.6 Å². The van der Waals surface area contributed by atoms with Gasteiger partial charge in [-0.05, 0) is 0 Å². The summed E-state index contributed by atoms with van der Waals surface area (Å²) in [6.07, 6.45) is 1.25. The zero-order chi connectivity index (χ0) is 12.1. The number of nitrogens with zero attached hydrogens (tertiary/aromatic N) is 3. The third kappa shape index (κ3) is 2.71. The number of hydrogen-bond donors (Lipinski definition) is 3. The third-order valence-electron chi connectivity index (χ3n) is 1.66. The van der Waals surface area contributed by atoms with Gasteiger partial charge < -0.3 is 16.2 Å². The first-order valence-electron chi connectivity index (χ1n) is 4.24.